The normalized spacial score (nSPS) is 13.8. The van der Waals surface area contributed by atoms with Crippen molar-refractivity contribution in [3.63, 3.8) is 0 Å². The van der Waals surface area contributed by atoms with Gasteiger partial charge in [0.2, 0.25) is 0 Å². The molecule has 11 heteroatoms. The van der Waals surface area contributed by atoms with Crippen LogP contribution in [0.3, 0.4) is 0 Å². The molecule has 2 aromatic carbocycles. The largest absolute Gasteiger partial charge is 0.465 e. The molecule has 1 N–H and O–H groups in total. The summed E-state index contributed by atoms with van der Waals surface area (Å²) >= 11 is 1.51. The van der Waals surface area contributed by atoms with Crippen LogP contribution < -0.4 is 10.2 Å². The third kappa shape index (κ3) is 4.47. The zero-order valence-corrected chi connectivity index (χ0v) is 17.3. The van der Waals surface area contributed by atoms with Crippen LogP contribution in [0.2, 0.25) is 0 Å². The molecule has 4 rings (SSSR count). The molecule has 1 aliphatic heterocycles. The van der Waals surface area contributed by atoms with Gasteiger partial charge in [0.05, 0.1) is 41.0 Å². The quantitative estimate of drug-likeness (QED) is 0.363. The summed E-state index contributed by atoms with van der Waals surface area (Å²) in [5, 5.41) is 14.8. The fourth-order valence-corrected chi connectivity index (χ4v) is 4.22. The van der Waals surface area contributed by atoms with Gasteiger partial charge in [-0.15, -0.1) is 0 Å². The molecule has 0 radical (unpaired) electrons. The Labute approximate surface area is 180 Å². The summed E-state index contributed by atoms with van der Waals surface area (Å²) in [5.74, 6) is -1.34. The minimum atomic E-state index is -0.764. The summed E-state index contributed by atoms with van der Waals surface area (Å²) in [6.45, 7) is 2.87. The van der Waals surface area contributed by atoms with Gasteiger partial charge in [-0.05, 0) is 24.3 Å². The van der Waals surface area contributed by atoms with Crippen molar-refractivity contribution in [2.24, 2.45) is 0 Å². The maximum atomic E-state index is 12.7. The SMILES string of the molecule is COC(=O)c1cc(C(=O)Nc2ccc3nc(N4CCOCC4)sc3c2)cc([N+](=O)[O-])c1. The Bertz CT molecular complexity index is 1170. The van der Waals surface area contributed by atoms with Gasteiger partial charge in [0.15, 0.2) is 5.13 Å². The van der Waals surface area contributed by atoms with Gasteiger partial charge in [-0.3, -0.25) is 14.9 Å². The van der Waals surface area contributed by atoms with Gasteiger partial charge in [0.25, 0.3) is 11.6 Å². The molecule has 1 aromatic heterocycles. The van der Waals surface area contributed by atoms with E-state index >= 15 is 0 Å². The van der Waals surface area contributed by atoms with Crippen molar-refractivity contribution >= 4 is 49.9 Å². The number of nitro benzene ring substituents is 1. The molecule has 0 spiro atoms. The van der Waals surface area contributed by atoms with E-state index in [0.29, 0.717) is 18.9 Å². The number of rotatable bonds is 5. The molecule has 1 aliphatic rings. The molecule has 1 amide bonds. The monoisotopic (exact) mass is 442 g/mol. The number of fused-ring (bicyclic) bond motifs is 1. The minimum Gasteiger partial charge on any atom is -0.465 e. The van der Waals surface area contributed by atoms with Crippen molar-refractivity contribution in [2.45, 2.75) is 0 Å². The lowest BCUT2D eigenvalue weighted by atomic mass is 10.1. The zero-order chi connectivity index (χ0) is 22.0. The Morgan fingerprint density at radius 3 is 2.65 bits per heavy atom. The molecule has 31 heavy (non-hydrogen) atoms. The number of carbonyl (C=O) groups excluding carboxylic acids is 2. The number of esters is 1. The second-order valence-corrected chi connectivity index (χ2v) is 7.76. The van der Waals surface area contributed by atoms with E-state index in [0.717, 1.165) is 47.7 Å². The van der Waals surface area contributed by atoms with Crippen LogP contribution in [-0.2, 0) is 9.47 Å². The first-order valence-corrected chi connectivity index (χ1v) is 10.2. The van der Waals surface area contributed by atoms with Crippen LogP contribution in [0.4, 0.5) is 16.5 Å². The number of benzene rings is 2. The number of morpholine rings is 1. The lowest BCUT2D eigenvalue weighted by Gasteiger charge is -2.25. The molecular formula is C20H18N4O6S. The maximum Gasteiger partial charge on any atom is 0.338 e. The predicted octanol–water partition coefficient (Wildman–Crippen LogP) is 3.08. The fraction of sp³-hybridized carbons (Fsp3) is 0.250. The number of thiazole rings is 1. The molecule has 0 saturated carbocycles. The molecule has 1 saturated heterocycles. The van der Waals surface area contributed by atoms with Gasteiger partial charge in [-0.2, -0.15) is 0 Å². The van der Waals surface area contributed by atoms with Gasteiger partial charge < -0.3 is 19.7 Å². The van der Waals surface area contributed by atoms with Crippen LogP contribution in [0.5, 0.6) is 0 Å². The van der Waals surface area contributed by atoms with E-state index in [1.807, 2.05) is 0 Å². The van der Waals surface area contributed by atoms with Crippen molar-refractivity contribution in [3.05, 3.63) is 57.6 Å². The Hall–Kier alpha value is -3.57. The summed E-state index contributed by atoms with van der Waals surface area (Å²) in [5.41, 5.74) is 0.859. The van der Waals surface area contributed by atoms with Gasteiger partial charge >= 0.3 is 5.97 Å². The number of ether oxygens (including phenoxy) is 2. The highest BCUT2D eigenvalue weighted by atomic mass is 32.1. The Kier molecular flexibility index (Phi) is 5.78. The highest BCUT2D eigenvalue weighted by molar-refractivity contribution is 7.22. The van der Waals surface area contributed by atoms with E-state index in [9.17, 15) is 19.7 Å². The number of amides is 1. The number of nitrogens with one attached hydrogen (secondary N) is 1. The first-order chi connectivity index (χ1) is 14.9. The van der Waals surface area contributed by atoms with Crippen molar-refractivity contribution in [1.82, 2.24) is 4.98 Å². The first kappa shape index (κ1) is 20.7. The van der Waals surface area contributed by atoms with Crippen molar-refractivity contribution in [1.29, 1.82) is 0 Å². The van der Waals surface area contributed by atoms with Gasteiger partial charge in [0.1, 0.15) is 0 Å². The van der Waals surface area contributed by atoms with Crippen LogP contribution in [0.1, 0.15) is 20.7 Å². The van der Waals surface area contributed by atoms with Crippen LogP contribution in [-0.4, -0.2) is 55.2 Å². The first-order valence-electron chi connectivity index (χ1n) is 9.37. The molecule has 0 atom stereocenters. The summed E-state index contributed by atoms with van der Waals surface area (Å²) in [6, 6.07) is 8.76. The second kappa shape index (κ2) is 8.66. The highest BCUT2D eigenvalue weighted by Crippen LogP contribution is 2.31. The highest BCUT2D eigenvalue weighted by Gasteiger charge is 2.19. The Morgan fingerprint density at radius 2 is 1.94 bits per heavy atom. The maximum absolute atomic E-state index is 12.7. The molecule has 3 aromatic rings. The Balaban J connectivity index is 1.58. The van der Waals surface area contributed by atoms with Gasteiger partial charge in [-0.1, -0.05) is 11.3 Å². The molecule has 1 fully saturated rings. The Morgan fingerprint density at radius 1 is 1.19 bits per heavy atom. The second-order valence-electron chi connectivity index (χ2n) is 6.75. The predicted molar refractivity (Wildman–Crippen MR) is 115 cm³/mol. The van der Waals surface area contributed by atoms with E-state index in [1.165, 1.54) is 17.4 Å². The van der Waals surface area contributed by atoms with E-state index in [-0.39, 0.29) is 16.8 Å². The molecular weight excluding hydrogens is 424 g/mol. The average Bonchev–Trinajstić information content (AvgIpc) is 3.22. The number of anilines is 2. The average molecular weight is 442 g/mol. The topological polar surface area (TPSA) is 124 Å². The number of non-ortho nitro benzene ring substituents is 1. The molecule has 0 aliphatic carbocycles. The van der Waals surface area contributed by atoms with Crippen molar-refractivity contribution in [3.8, 4) is 0 Å². The van der Waals surface area contributed by atoms with Gasteiger partial charge in [-0.25, -0.2) is 9.78 Å². The van der Waals surface area contributed by atoms with Crippen LogP contribution in [0.25, 0.3) is 10.2 Å². The van der Waals surface area contributed by atoms with E-state index < -0.39 is 16.8 Å². The van der Waals surface area contributed by atoms with E-state index in [1.54, 1.807) is 18.2 Å². The number of hydrogen-bond acceptors (Lipinski definition) is 9. The van der Waals surface area contributed by atoms with Crippen molar-refractivity contribution in [2.75, 3.05) is 43.6 Å². The summed E-state index contributed by atoms with van der Waals surface area (Å²) in [4.78, 5) is 41.8. The zero-order valence-electron chi connectivity index (χ0n) is 16.5. The van der Waals surface area contributed by atoms with Crippen molar-refractivity contribution < 1.29 is 24.0 Å². The summed E-state index contributed by atoms with van der Waals surface area (Å²) in [6.07, 6.45) is 0. The van der Waals surface area contributed by atoms with Gasteiger partial charge in [0, 0.05) is 36.5 Å². The van der Waals surface area contributed by atoms with E-state index in [4.69, 9.17) is 4.74 Å². The van der Waals surface area contributed by atoms with E-state index in [2.05, 4.69) is 19.9 Å². The standard InChI is InChI=1S/C20H18N4O6S/c1-29-19(26)13-8-12(9-15(10-13)24(27)28)18(25)21-14-2-3-16-17(11-14)31-20(22-16)23-4-6-30-7-5-23/h2-3,8-11H,4-7H2,1H3,(H,21,25). The number of hydrogen-bond donors (Lipinski definition) is 1. The molecule has 0 unspecified atom stereocenters. The molecule has 0 bridgehead atoms. The smallest absolute Gasteiger partial charge is 0.338 e. The third-order valence-electron chi connectivity index (χ3n) is 4.73. The number of nitrogens with zero attached hydrogens (tertiary/aromatic N) is 3. The van der Waals surface area contributed by atoms with Crippen LogP contribution >= 0.6 is 11.3 Å². The number of aromatic nitrogens is 1. The number of carbonyl (C=O) groups is 2. The summed E-state index contributed by atoms with van der Waals surface area (Å²) in [7, 11) is 1.16. The minimum absolute atomic E-state index is 0.0204. The fourth-order valence-electron chi connectivity index (χ4n) is 3.17. The molecule has 160 valence electrons. The summed E-state index contributed by atoms with van der Waals surface area (Å²) < 4.78 is 10.9. The lowest BCUT2D eigenvalue weighted by molar-refractivity contribution is -0.384. The number of methoxy groups -OCH3 is 1. The lowest BCUT2D eigenvalue weighted by Crippen LogP contribution is -2.36. The molecule has 2 heterocycles. The molecule has 10 nitrogen and oxygen atoms in total. The van der Waals surface area contributed by atoms with Crippen LogP contribution in [0.15, 0.2) is 36.4 Å². The number of nitro groups is 1. The van der Waals surface area contributed by atoms with Crippen LogP contribution in [0, 0.1) is 10.1 Å². The third-order valence-corrected chi connectivity index (χ3v) is 5.81.